The van der Waals surface area contributed by atoms with Crippen LogP contribution in [-0.2, 0) is 24.5 Å². The molecular formula is C26H30FN3O4. The van der Waals surface area contributed by atoms with E-state index in [1.165, 1.54) is 25.3 Å². The number of benzene rings is 2. The summed E-state index contributed by atoms with van der Waals surface area (Å²) in [5.41, 5.74) is -0.363. The Labute approximate surface area is 199 Å². The Hall–Kier alpha value is -3.10. The van der Waals surface area contributed by atoms with Gasteiger partial charge >= 0.3 is 0 Å². The fourth-order valence-electron chi connectivity index (χ4n) is 5.01. The molecule has 2 aliphatic heterocycles. The SMILES string of the molecule is COCCN1C(=O)C[C@](CC(=O)N2CCN(C)[C@@H](c3ccccc3)C2)(c2ccccc2F)C1=O. The summed E-state index contributed by atoms with van der Waals surface area (Å²) in [4.78, 5) is 45.0. The van der Waals surface area contributed by atoms with Crippen molar-refractivity contribution in [2.45, 2.75) is 24.3 Å². The van der Waals surface area contributed by atoms with Crippen molar-refractivity contribution in [3.8, 4) is 0 Å². The fourth-order valence-corrected chi connectivity index (χ4v) is 5.01. The molecule has 0 aliphatic carbocycles. The highest BCUT2D eigenvalue weighted by Crippen LogP contribution is 2.41. The Kier molecular flexibility index (Phi) is 7.09. The number of methoxy groups -OCH3 is 1. The van der Waals surface area contributed by atoms with E-state index >= 15 is 0 Å². The van der Waals surface area contributed by atoms with Crippen molar-refractivity contribution in [2.75, 3.05) is 46.9 Å². The number of carbonyl (C=O) groups excluding carboxylic acids is 3. The molecule has 0 unspecified atom stereocenters. The first-order valence-electron chi connectivity index (χ1n) is 11.5. The molecule has 0 N–H and O–H groups in total. The summed E-state index contributed by atoms with van der Waals surface area (Å²) >= 11 is 0. The highest BCUT2D eigenvalue weighted by atomic mass is 19.1. The van der Waals surface area contributed by atoms with Crippen molar-refractivity contribution in [2.24, 2.45) is 0 Å². The molecule has 4 rings (SSSR count). The molecule has 3 amide bonds. The first-order chi connectivity index (χ1) is 16.4. The predicted octanol–water partition coefficient (Wildman–Crippen LogP) is 2.37. The zero-order valence-corrected chi connectivity index (χ0v) is 19.6. The molecule has 2 aromatic carbocycles. The summed E-state index contributed by atoms with van der Waals surface area (Å²) in [5, 5.41) is 0. The molecule has 0 spiro atoms. The normalized spacial score (nSPS) is 23.6. The molecule has 0 saturated carbocycles. The number of rotatable bonds is 7. The predicted molar refractivity (Wildman–Crippen MR) is 124 cm³/mol. The van der Waals surface area contributed by atoms with Crippen molar-refractivity contribution < 1.29 is 23.5 Å². The number of amides is 3. The van der Waals surface area contributed by atoms with Gasteiger partial charge < -0.3 is 9.64 Å². The van der Waals surface area contributed by atoms with Gasteiger partial charge in [0.15, 0.2) is 0 Å². The second kappa shape index (κ2) is 10.0. The third-order valence-corrected chi connectivity index (χ3v) is 6.96. The second-order valence-corrected chi connectivity index (χ2v) is 9.01. The third kappa shape index (κ3) is 4.48. The van der Waals surface area contributed by atoms with E-state index in [2.05, 4.69) is 4.90 Å². The molecule has 2 heterocycles. The van der Waals surface area contributed by atoms with Gasteiger partial charge in [-0.05, 0) is 18.7 Å². The summed E-state index contributed by atoms with van der Waals surface area (Å²) in [6.45, 7) is 1.88. The maximum atomic E-state index is 15.0. The molecule has 0 aromatic heterocycles. The highest BCUT2D eigenvalue weighted by Gasteiger charge is 2.55. The van der Waals surface area contributed by atoms with Crippen LogP contribution in [0.25, 0.3) is 0 Å². The van der Waals surface area contributed by atoms with E-state index in [9.17, 15) is 18.8 Å². The van der Waals surface area contributed by atoms with Crippen molar-refractivity contribution in [3.05, 3.63) is 71.5 Å². The average Bonchev–Trinajstić information content (AvgIpc) is 3.08. The first-order valence-corrected chi connectivity index (χ1v) is 11.5. The van der Waals surface area contributed by atoms with Gasteiger partial charge in [-0.3, -0.25) is 24.2 Å². The second-order valence-electron chi connectivity index (χ2n) is 9.01. The van der Waals surface area contributed by atoms with Crippen LogP contribution < -0.4 is 0 Å². The molecule has 8 heteroatoms. The quantitative estimate of drug-likeness (QED) is 0.585. The zero-order chi connectivity index (χ0) is 24.3. The summed E-state index contributed by atoms with van der Waals surface area (Å²) in [7, 11) is 3.50. The molecule has 34 heavy (non-hydrogen) atoms. The number of nitrogens with zero attached hydrogens (tertiary/aromatic N) is 3. The van der Waals surface area contributed by atoms with Crippen LogP contribution in [0.15, 0.2) is 54.6 Å². The maximum absolute atomic E-state index is 15.0. The number of ether oxygens (including phenoxy) is 1. The standard InChI is InChI=1S/C26H30FN3O4/c1-28-12-13-29(18-22(28)19-8-4-3-5-9-19)23(31)16-26(20-10-6-7-11-21(20)27)17-24(32)30(25(26)33)14-15-34-2/h3-11,22H,12-18H2,1-2H3/t22-,26-/m1/s1. The minimum absolute atomic E-state index is 0.0161. The highest BCUT2D eigenvalue weighted by molar-refractivity contribution is 6.10. The topological polar surface area (TPSA) is 70.2 Å². The number of hydrogen-bond acceptors (Lipinski definition) is 5. The van der Waals surface area contributed by atoms with Crippen LogP contribution in [0, 0.1) is 5.82 Å². The van der Waals surface area contributed by atoms with Crippen LogP contribution in [0.2, 0.25) is 0 Å². The van der Waals surface area contributed by atoms with Crippen LogP contribution in [0.4, 0.5) is 4.39 Å². The molecule has 2 atom stereocenters. The van der Waals surface area contributed by atoms with Gasteiger partial charge in [0.05, 0.1) is 24.6 Å². The Morgan fingerprint density at radius 1 is 1.09 bits per heavy atom. The lowest BCUT2D eigenvalue weighted by Gasteiger charge is -2.41. The van der Waals surface area contributed by atoms with E-state index in [0.29, 0.717) is 19.6 Å². The lowest BCUT2D eigenvalue weighted by Crippen LogP contribution is -2.51. The van der Waals surface area contributed by atoms with Crippen LogP contribution in [0.5, 0.6) is 0 Å². The smallest absolute Gasteiger partial charge is 0.241 e. The van der Waals surface area contributed by atoms with Gasteiger partial charge in [-0.25, -0.2) is 4.39 Å². The average molecular weight is 468 g/mol. The number of halogens is 1. The summed E-state index contributed by atoms with van der Waals surface area (Å²) in [5.74, 6) is -1.81. The van der Waals surface area contributed by atoms with Gasteiger partial charge in [0, 0.05) is 45.1 Å². The summed E-state index contributed by atoms with van der Waals surface area (Å²) < 4.78 is 20.0. The molecule has 2 aromatic rings. The number of likely N-dealkylation sites (tertiary alicyclic amines) is 1. The lowest BCUT2D eigenvalue weighted by atomic mass is 9.75. The van der Waals surface area contributed by atoms with Crippen LogP contribution >= 0.6 is 0 Å². The van der Waals surface area contributed by atoms with Crippen molar-refractivity contribution in [1.29, 1.82) is 0 Å². The van der Waals surface area contributed by atoms with Gasteiger partial charge in [-0.15, -0.1) is 0 Å². The fraction of sp³-hybridized carbons (Fsp3) is 0.423. The van der Waals surface area contributed by atoms with Gasteiger partial charge in [0.1, 0.15) is 5.82 Å². The number of piperazine rings is 1. The van der Waals surface area contributed by atoms with Crippen LogP contribution in [-0.4, -0.2) is 79.4 Å². The molecule has 2 aliphatic rings. The van der Waals surface area contributed by atoms with E-state index in [-0.39, 0.29) is 43.5 Å². The van der Waals surface area contributed by atoms with Gasteiger partial charge in [0.2, 0.25) is 17.7 Å². The van der Waals surface area contributed by atoms with Gasteiger partial charge in [-0.1, -0.05) is 48.5 Å². The van der Waals surface area contributed by atoms with Crippen LogP contribution in [0.3, 0.4) is 0 Å². The number of imide groups is 1. The molecule has 0 radical (unpaired) electrons. The Balaban J connectivity index is 1.62. The first kappa shape index (κ1) is 24.0. The lowest BCUT2D eigenvalue weighted by molar-refractivity contribution is -0.144. The van der Waals surface area contributed by atoms with Gasteiger partial charge in [-0.2, -0.15) is 0 Å². The van der Waals surface area contributed by atoms with Crippen molar-refractivity contribution in [3.63, 3.8) is 0 Å². The largest absolute Gasteiger partial charge is 0.383 e. The Morgan fingerprint density at radius 2 is 1.79 bits per heavy atom. The van der Waals surface area contributed by atoms with E-state index in [0.717, 1.165) is 10.5 Å². The number of hydrogen-bond donors (Lipinski definition) is 0. The molecule has 180 valence electrons. The minimum Gasteiger partial charge on any atom is -0.383 e. The maximum Gasteiger partial charge on any atom is 0.241 e. The summed E-state index contributed by atoms with van der Waals surface area (Å²) in [6, 6.07) is 15.9. The monoisotopic (exact) mass is 467 g/mol. The zero-order valence-electron chi connectivity index (χ0n) is 19.6. The Morgan fingerprint density at radius 3 is 2.50 bits per heavy atom. The molecule has 0 bridgehead atoms. The van der Waals surface area contributed by atoms with Gasteiger partial charge in [0.25, 0.3) is 0 Å². The third-order valence-electron chi connectivity index (χ3n) is 6.96. The molecule has 2 saturated heterocycles. The van der Waals surface area contributed by atoms with E-state index in [1.807, 2.05) is 37.4 Å². The molecule has 2 fully saturated rings. The van der Waals surface area contributed by atoms with E-state index < -0.39 is 23.0 Å². The minimum atomic E-state index is -1.56. The summed E-state index contributed by atoms with van der Waals surface area (Å²) in [6.07, 6.45) is -0.495. The van der Waals surface area contributed by atoms with E-state index in [1.54, 1.807) is 11.0 Å². The number of carbonyl (C=O) groups is 3. The van der Waals surface area contributed by atoms with Crippen molar-refractivity contribution in [1.82, 2.24) is 14.7 Å². The Bertz CT molecular complexity index is 1060. The number of likely N-dealkylation sites (N-methyl/N-ethyl adjacent to an activating group) is 1. The van der Waals surface area contributed by atoms with Crippen molar-refractivity contribution >= 4 is 17.7 Å². The molecular weight excluding hydrogens is 437 g/mol. The molecule has 7 nitrogen and oxygen atoms in total. The van der Waals surface area contributed by atoms with E-state index in [4.69, 9.17) is 4.74 Å². The van der Waals surface area contributed by atoms with Crippen LogP contribution in [0.1, 0.15) is 30.0 Å².